The normalized spacial score (nSPS) is 14.6. The van der Waals surface area contributed by atoms with Gasteiger partial charge in [0.25, 0.3) is 0 Å². The van der Waals surface area contributed by atoms with Crippen LogP contribution >= 0.6 is 0 Å². The lowest BCUT2D eigenvalue weighted by Gasteiger charge is -2.38. The number of nitrogen functional groups attached to an aromatic ring is 1. The number of fused-ring (bicyclic) bond motifs is 1. The summed E-state index contributed by atoms with van der Waals surface area (Å²) in [5.41, 5.74) is 7.53. The van der Waals surface area contributed by atoms with Crippen molar-refractivity contribution >= 4 is 34.0 Å². The van der Waals surface area contributed by atoms with Crippen LogP contribution in [-0.4, -0.2) is 52.7 Å². The molecule has 0 bridgehead atoms. The van der Waals surface area contributed by atoms with Crippen LogP contribution in [0.4, 0.5) is 27.7 Å². The number of aromatic nitrogens is 3. The lowest BCUT2D eigenvalue weighted by molar-refractivity contribution is 0.262. The Bertz CT molecular complexity index is 1220. The number of halogens is 1. The zero-order chi connectivity index (χ0) is 21.9. The molecule has 7 nitrogen and oxygen atoms in total. The maximum Gasteiger partial charge on any atom is 0.235 e. The van der Waals surface area contributed by atoms with Crippen LogP contribution in [0.2, 0.25) is 0 Å². The Labute approximate surface area is 185 Å². The molecule has 0 amide bonds. The Balaban J connectivity index is 1.42. The van der Waals surface area contributed by atoms with Gasteiger partial charge in [0.15, 0.2) is 0 Å². The highest BCUT2D eigenvalue weighted by Gasteiger charge is 2.23. The van der Waals surface area contributed by atoms with E-state index in [9.17, 15) is 4.39 Å². The molecule has 0 saturated carbocycles. The molecule has 1 saturated heterocycles. The van der Waals surface area contributed by atoms with Crippen LogP contribution in [0.15, 0.2) is 73.1 Å². The lowest BCUT2D eigenvalue weighted by Crippen LogP contribution is -2.50. The van der Waals surface area contributed by atoms with Crippen molar-refractivity contribution in [2.75, 3.05) is 48.4 Å². The van der Waals surface area contributed by atoms with E-state index in [-0.39, 0.29) is 11.8 Å². The number of benzene rings is 3. The third-order valence-electron chi connectivity index (χ3n) is 5.78. The van der Waals surface area contributed by atoms with Gasteiger partial charge in [0.05, 0.1) is 18.0 Å². The van der Waals surface area contributed by atoms with Crippen LogP contribution in [0.3, 0.4) is 0 Å². The Kier molecular flexibility index (Phi) is 5.51. The Morgan fingerprint density at radius 1 is 0.875 bits per heavy atom. The van der Waals surface area contributed by atoms with Gasteiger partial charge in [-0.2, -0.15) is 4.98 Å². The van der Waals surface area contributed by atoms with Crippen LogP contribution in [0, 0.1) is 5.82 Å². The minimum absolute atomic E-state index is 0.181. The molecule has 1 fully saturated rings. The molecule has 0 unspecified atom stereocenters. The average molecular weight is 430 g/mol. The molecule has 0 spiro atoms. The van der Waals surface area contributed by atoms with Crippen LogP contribution < -0.4 is 15.5 Å². The fraction of sp³-hybridized carbons (Fsp3) is 0.208. The molecule has 3 aromatic carbocycles. The summed E-state index contributed by atoms with van der Waals surface area (Å²) < 4.78 is 14.2. The highest BCUT2D eigenvalue weighted by atomic mass is 19.1. The number of para-hydroxylation sites is 1. The molecule has 0 atom stereocenters. The van der Waals surface area contributed by atoms with Gasteiger partial charge < -0.3 is 10.6 Å². The first-order valence-corrected chi connectivity index (χ1v) is 10.6. The van der Waals surface area contributed by atoms with Gasteiger partial charge in [-0.3, -0.25) is 9.80 Å². The Morgan fingerprint density at radius 2 is 1.62 bits per heavy atom. The number of anilines is 4. The Hall–Kier alpha value is -3.78. The fourth-order valence-electron chi connectivity index (χ4n) is 4.16. The van der Waals surface area contributed by atoms with Crippen LogP contribution in [-0.2, 0) is 0 Å². The molecule has 0 aliphatic carbocycles. The van der Waals surface area contributed by atoms with Crippen LogP contribution in [0.25, 0.3) is 10.8 Å². The van der Waals surface area contributed by atoms with Crippen molar-refractivity contribution in [3.8, 4) is 0 Å². The number of hydrogen-bond acceptors (Lipinski definition) is 7. The zero-order valence-electron chi connectivity index (χ0n) is 17.6. The zero-order valence-corrected chi connectivity index (χ0v) is 17.6. The summed E-state index contributed by atoms with van der Waals surface area (Å²) >= 11 is 0. The van der Waals surface area contributed by atoms with Gasteiger partial charge in [0.1, 0.15) is 12.1 Å². The summed E-state index contributed by atoms with van der Waals surface area (Å²) in [6, 6.07) is 21.4. The van der Waals surface area contributed by atoms with Crippen molar-refractivity contribution in [1.29, 1.82) is 0 Å². The van der Waals surface area contributed by atoms with E-state index in [1.54, 1.807) is 6.07 Å². The second kappa shape index (κ2) is 8.76. The third-order valence-corrected chi connectivity index (χ3v) is 5.78. The molecule has 4 aromatic rings. The summed E-state index contributed by atoms with van der Waals surface area (Å²) in [7, 11) is 0. The van der Waals surface area contributed by atoms with E-state index in [0.717, 1.165) is 42.6 Å². The van der Waals surface area contributed by atoms with Crippen molar-refractivity contribution in [3.05, 3.63) is 78.9 Å². The highest BCUT2D eigenvalue weighted by Crippen LogP contribution is 2.31. The standard InChI is InChI=1S/C24H24FN7/c25-20-9-3-4-10-22(20)31-14-12-30(13-15-31)17-32(24-28-16-27-23(26)29-24)21-11-5-7-18-6-1-2-8-19(18)21/h1-11,16H,12-15,17H2,(H2,26,27,28,29). The van der Waals surface area contributed by atoms with E-state index < -0.39 is 0 Å². The van der Waals surface area contributed by atoms with Gasteiger partial charge in [-0.05, 0) is 23.6 Å². The maximum atomic E-state index is 14.2. The number of hydrogen-bond donors (Lipinski definition) is 1. The first kappa shape index (κ1) is 20.1. The number of nitrogens with two attached hydrogens (primary N) is 1. The van der Waals surface area contributed by atoms with Gasteiger partial charge in [0.2, 0.25) is 11.9 Å². The third kappa shape index (κ3) is 4.04. The average Bonchev–Trinajstić information content (AvgIpc) is 2.83. The minimum atomic E-state index is -0.181. The summed E-state index contributed by atoms with van der Waals surface area (Å²) in [6.45, 7) is 3.64. The maximum absolute atomic E-state index is 14.2. The minimum Gasteiger partial charge on any atom is -0.368 e. The van der Waals surface area contributed by atoms with E-state index in [0.29, 0.717) is 18.3 Å². The van der Waals surface area contributed by atoms with E-state index >= 15 is 0 Å². The number of nitrogens with zero attached hydrogens (tertiary/aromatic N) is 6. The van der Waals surface area contributed by atoms with Gasteiger partial charge in [-0.1, -0.05) is 48.5 Å². The molecule has 5 rings (SSSR count). The molecular formula is C24H24FN7. The van der Waals surface area contributed by atoms with Gasteiger partial charge in [-0.15, -0.1) is 0 Å². The Morgan fingerprint density at radius 3 is 2.44 bits per heavy atom. The van der Waals surface area contributed by atoms with Crippen molar-refractivity contribution in [1.82, 2.24) is 19.9 Å². The van der Waals surface area contributed by atoms with Crippen molar-refractivity contribution < 1.29 is 4.39 Å². The summed E-state index contributed by atoms with van der Waals surface area (Å²) in [5, 5.41) is 2.25. The van der Waals surface area contributed by atoms with Crippen molar-refractivity contribution in [2.24, 2.45) is 0 Å². The van der Waals surface area contributed by atoms with Crippen molar-refractivity contribution in [2.45, 2.75) is 0 Å². The van der Waals surface area contributed by atoms with Gasteiger partial charge in [0, 0.05) is 31.6 Å². The smallest absolute Gasteiger partial charge is 0.235 e. The summed E-state index contributed by atoms with van der Waals surface area (Å²) in [4.78, 5) is 19.2. The molecule has 2 heterocycles. The fourth-order valence-corrected chi connectivity index (χ4v) is 4.16. The van der Waals surface area contributed by atoms with Gasteiger partial charge >= 0.3 is 0 Å². The summed E-state index contributed by atoms with van der Waals surface area (Å²) in [5.74, 6) is 0.508. The molecule has 162 valence electrons. The molecular weight excluding hydrogens is 405 g/mol. The lowest BCUT2D eigenvalue weighted by atomic mass is 10.1. The second-order valence-corrected chi connectivity index (χ2v) is 7.77. The monoisotopic (exact) mass is 429 g/mol. The SMILES string of the molecule is Nc1ncnc(N(CN2CCN(c3ccccc3F)CC2)c2cccc3ccccc23)n1. The molecule has 1 aromatic heterocycles. The molecule has 1 aliphatic heterocycles. The molecule has 2 N–H and O–H groups in total. The predicted molar refractivity (Wildman–Crippen MR) is 125 cm³/mol. The van der Waals surface area contributed by atoms with Gasteiger partial charge in [-0.25, -0.2) is 14.4 Å². The first-order chi connectivity index (χ1) is 15.7. The largest absolute Gasteiger partial charge is 0.368 e. The van der Waals surface area contributed by atoms with Crippen molar-refractivity contribution in [3.63, 3.8) is 0 Å². The molecule has 1 aliphatic rings. The second-order valence-electron chi connectivity index (χ2n) is 7.77. The molecule has 8 heteroatoms. The predicted octanol–water partition coefficient (Wildman–Crippen LogP) is 3.66. The highest BCUT2D eigenvalue weighted by molar-refractivity contribution is 5.95. The van der Waals surface area contributed by atoms with Crippen LogP contribution in [0.1, 0.15) is 0 Å². The quantitative estimate of drug-likeness (QED) is 0.519. The van der Waals surface area contributed by atoms with E-state index in [4.69, 9.17) is 5.73 Å². The first-order valence-electron chi connectivity index (χ1n) is 10.6. The topological polar surface area (TPSA) is 74.4 Å². The van der Waals surface area contributed by atoms with E-state index in [2.05, 4.69) is 53.9 Å². The number of rotatable bonds is 5. The molecule has 32 heavy (non-hydrogen) atoms. The molecule has 0 radical (unpaired) electrons. The number of piperazine rings is 1. The van der Waals surface area contributed by atoms with Crippen LogP contribution in [0.5, 0.6) is 0 Å². The summed E-state index contributed by atoms with van der Waals surface area (Å²) in [6.07, 6.45) is 1.44. The van der Waals surface area contributed by atoms with E-state index in [1.165, 1.54) is 12.4 Å². The van der Waals surface area contributed by atoms with E-state index in [1.807, 2.05) is 30.3 Å².